The van der Waals surface area contributed by atoms with E-state index in [9.17, 15) is 0 Å². The monoisotopic (exact) mass is 249 g/mol. The van der Waals surface area contributed by atoms with Crippen molar-refractivity contribution in [3.8, 4) is 0 Å². The maximum absolute atomic E-state index is 4.32. The van der Waals surface area contributed by atoms with E-state index in [0.29, 0.717) is 15.0 Å². The van der Waals surface area contributed by atoms with Gasteiger partial charge in [-0.15, -0.1) is 0 Å². The van der Waals surface area contributed by atoms with Crippen LogP contribution in [0.4, 0.5) is 0 Å². The number of benzene rings is 1. The van der Waals surface area contributed by atoms with Gasteiger partial charge in [-0.3, -0.25) is 0 Å². The zero-order valence-electron chi connectivity index (χ0n) is 7.76. The molecule has 14 heavy (non-hydrogen) atoms. The molecule has 0 aliphatic rings. The number of rotatable bonds is 3. The van der Waals surface area contributed by atoms with Crippen molar-refractivity contribution in [3.63, 3.8) is 0 Å². The molecule has 0 aliphatic heterocycles. The Morgan fingerprint density at radius 3 is 2.43 bits per heavy atom. The zero-order valence-corrected chi connectivity index (χ0v) is 9.47. The summed E-state index contributed by atoms with van der Waals surface area (Å²) in [5.41, 5.74) is 1.40. The van der Waals surface area contributed by atoms with Crippen LogP contribution >= 0.6 is 0 Å². The average Bonchev–Trinajstić information content (AvgIpc) is 2.29. The van der Waals surface area contributed by atoms with Gasteiger partial charge in [0, 0.05) is 0 Å². The molecule has 0 N–H and O–H groups in total. The summed E-state index contributed by atoms with van der Waals surface area (Å²) < 4.78 is 1.23. The minimum absolute atomic E-state index is 0.461. The summed E-state index contributed by atoms with van der Waals surface area (Å²) in [4.78, 5) is 4.32. The van der Waals surface area contributed by atoms with Crippen molar-refractivity contribution in [2.24, 2.45) is 0 Å². The second kappa shape index (κ2) is 4.94. The molecule has 0 radical (unpaired) electrons. The molecule has 0 saturated carbocycles. The van der Waals surface area contributed by atoms with Crippen molar-refractivity contribution in [2.75, 3.05) is 0 Å². The third-order valence-corrected chi connectivity index (χ3v) is 4.00. The Morgan fingerprint density at radius 2 is 1.71 bits per heavy atom. The van der Waals surface area contributed by atoms with E-state index in [4.69, 9.17) is 0 Å². The van der Waals surface area contributed by atoms with Crippen molar-refractivity contribution < 1.29 is 0 Å². The van der Waals surface area contributed by atoms with Crippen LogP contribution in [0.2, 0.25) is 0 Å². The predicted octanol–water partition coefficient (Wildman–Crippen LogP) is 1.61. The van der Waals surface area contributed by atoms with Crippen molar-refractivity contribution >= 4 is 19.5 Å². The molecule has 0 aliphatic carbocycles. The van der Waals surface area contributed by atoms with E-state index < -0.39 is 0 Å². The molecule has 0 saturated heterocycles. The first-order valence-electron chi connectivity index (χ1n) is 4.53. The molecule has 0 amide bonds. The van der Waals surface area contributed by atoms with Gasteiger partial charge in [-0.25, -0.2) is 0 Å². The molecular weight excluding hydrogens is 237 g/mol. The predicted molar refractivity (Wildman–Crippen MR) is 59.8 cm³/mol. The van der Waals surface area contributed by atoms with Crippen LogP contribution in [-0.2, 0) is 5.32 Å². The molecule has 2 rings (SSSR count). The number of aromatic nitrogens is 1. The summed E-state index contributed by atoms with van der Waals surface area (Å²) in [5.74, 6) is 0. The van der Waals surface area contributed by atoms with Crippen molar-refractivity contribution in [2.45, 2.75) is 5.32 Å². The summed E-state index contributed by atoms with van der Waals surface area (Å²) in [6.45, 7) is 0. The Kier molecular flexibility index (Phi) is 3.33. The van der Waals surface area contributed by atoms with E-state index in [2.05, 4.69) is 47.4 Å². The van der Waals surface area contributed by atoms with E-state index in [1.165, 1.54) is 10.2 Å². The second-order valence-corrected chi connectivity index (χ2v) is 5.03. The zero-order chi connectivity index (χ0) is 9.64. The molecule has 0 fully saturated rings. The number of nitrogens with zero attached hydrogens (tertiary/aromatic N) is 1. The normalized spacial score (nSPS) is 10.0. The summed E-state index contributed by atoms with van der Waals surface area (Å²) in [5, 5.41) is 1.13. The van der Waals surface area contributed by atoms with Crippen molar-refractivity contribution in [3.05, 3.63) is 60.3 Å². The molecule has 1 heterocycles. The van der Waals surface area contributed by atoms with Gasteiger partial charge in [0.2, 0.25) is 0 Å². The van der Waals surface area contributed by atoms with Gasteiger partial charge in [-0.1, -0.05) is 0 Å². The maximum atomic E-state index is 4.32. The Hall–Kier alpha value is -1.11. The molecule has 0 spiro atoms. The summed E-state index contributed by atoms with van der Waals surface area (Å²) in [6, 6.07) is 16.7. The van der Waals surface area contributed by atoms with E-state index >= 15 is 0 Å². The van der Waals surface area contributed by atoms with Gasteiger partial charge >= 0.3 is 90.1 Å². The first-order chi connectivity index (χ1) is 6.95. The van der Waals surface area contributed by atoms with E-state index in [1.807, 2.05) is 12.3 Å². The Balaban J connectivity index is 1.96. The topological polar surface area (TPSA) is 12.9 Å². The van der Waals surface area contributed by atoms with Gasteiger partial charge in [0.1, 0.15) is 0 Å². The van der Waals surface area contributed by atoms with Crippen LogP contribution in [0, 0.1) is 0 Å². The molecule has 2 aromatic rings. The molecule has 0 atom stereocenters. The number of hydrogen-bond donors (Lipinski definition) is 0. The second-order valence-electron chi connectivity index (χ2n) is 2.94. The number of pyridine rings is 1. The molecule has 1 nitrogen and oxygen atoms in total. The van der Waals surface area contributed by atoms with Crippen LogP contribution in [0.5, 0.6) is 0 Å². The van der Waals surface area contributed by atoms with Gasteiger partial charge in [-0.2, -0.15) is 0 Å². The fourth-order valence-corrected chi connectivity index (χ4v) is 2.88. The first kappa shape index (κ1) is 9.44. The van der Waals surface area contributed by atoms with Gasteiger partial charge in [0.05, 0.1) is 0 Å². The van der Waals surface area contributed by atoms with Gasteiger partial charge < -0.3 is 0 Å². The van der Waals surface area contributed by atoms with Gasteiger partial charge in [0.25, 0.3) is 0 Å². The fraction of sp³-hybridized carbons (Fsp3) is 0.0833. The fourth-order valence-electron chi connectivity index (χ4n) is 1.16. The van der Waals surface area contributed by atoms with Crippen LogP contribution in [0.15, 0.2) is 54.7 Å². The summed E-state index contributed by atoms with van der Waals surface area (Å²) in [6.07, 6.45) is 1.86. The Bertz CT molecular complexity index is 333. The number of hydrogen-bond acceptors (Lipinski definition) is 1. The van der Waals surface area contributed by atoms with E-state index in [0.717, 1.165) is 5.32 Å². The van der Waals surface area contributed by atoms with Crippen LogP contribution in [0.25, 0.3) is 0 Å². The molecule has 0 bridgehead atoms. The minimum atomic E-state index is 0.461. The van der Waals surface area contributed by atoms with Crippen LogP contribution in [0.3, 0.4) is 0 Å². The van der Waals surface area contributed by atoms with Crippen LogP contribution < -0.4 is 4.59 Å². The molecule has 2 heteroatoms. The molecule has 0 unspecified atom stereocenters. The Morgan fingerprint density at radius 1 is 0.929 bits per heavy atom. The van der Waals surface area contributed by atoms with Crippen molar-refractivity contribution in [1.29, 1.82) is 0 Å². The third-order valence-electron chi connectivity index (χ3n) is 1.87. The molecule has 1 aromatic carbocycles. The average molecular weight is 248 g/mol. The first-order valence-corrected chi connectivity index (χ1v) is 6.60. The molecule has 1 aromatic heterocycles. The van der Waals surface area contributed by atoms with Gasteiger partial charge in [0.15, 0.2) is 0 Å². The third kappa shape index (κ3) is 2.69. The van der Waals surface area contributed by atoms with E-state index in [1.54, 1.807) is 0 Å². The SMILES string of the molecule is c1ccc(C[Se]c2ccccn2)cc1. The quantitative estimate of drug-likeness (QED) is 0.752. The summed E-state index contributed by atoms with van der Waals surface area (Å²) in [7, 11) is 0. The standard InChI is InChI=1S/C12H11NSe/c1-2-6-11(7-3-1)10-14-12-8-4-5-9-13-12/h1-9H,10H2. The Labute approximate surface area is 90.4 Å². The van der Waals surface area contributed by atoms with Gasteiger partial charge in [-0.05, 0) is 0 Å². The van der Waals surface area contributed by atoms with E-state index in [-0.39, 0.29) is 0 Å². The van der Waals surface area contributed by atoms with Crippen molar-refractivity contribution in [1.82, 2.24) is 4.98 Å². The molecular formula is C12H11NSe. The van der Waals surface area contributed by atoms with Crippen LogP contribution in [0.1, 0.15) is 5.56 Å². The summed E-state index contributed by atoms with van der Waals surface area (Å²) >= 11 is 0.461. The molecule has 70 valence electrons. The van der Waals surface area contributed by atoms with Crippen LogP contribution in [-0.4, -0.2) is 19.9 Å².